The van der Waals surface area contributed by atoms with Gasteiger partial charge < -0.3 is 0 Å². The van der Waals surface area contributed by atoms with E-state index in [4.69, 9.17) is 0 Å². The Bertz CT molecular complexity index is 310. The zero-order valence-electron chi connectivity index (χ0n) is 7.47. The lowest BCUT2D eigenvalue weighted by Gasteiger charge is -1.98. The van der Waals surface area contributed by atoms with Crippen LogP contribution in [0.3, 0.4) is 0 Å². The fourth-order valence-electron chi connectivity index (χ4n) is 0.780. The van der Waals surface area contributed by atoms with Crippen molar-refractivity contribution in [2.24, 2.45) is 0 Å². The molecule has 0 saturated carbocycles. The van der Waals surface area contributed by atoms with Crippen molar-refractivity contribution in [2.75, 3.05) is 0 Å². The maximum Gasteiger partial charge on any atom is 0.192 e. The SMILES string of the molecule is C/C(F)=C(\F)Sc1ccc(C)cc1. The molecule has 0 saturated heterocycles. The molecule has 0 fully saturated rings. The van der Waals surface area contributed by atoms with E-state index in [-0.39, 0.29) is 0 Å². The van der Waals surface area contributed by atoms with E-state index in [0.29, 0.717) is 4.90 Å². The lowest BCUT2D eigenvalue weighted by molar-refractivity contribution is 0.574. The molecule has 0 aliphatic carbocycles. The molecule has 0 spiro atoms. The van der Waals surface area contributed by atoms with E-state index in [1.54, 1.807) is 12.1 Å². The van der Waals surface area contributed by atoms with Gasteiger partial charge in [0.1, 0.15) is 5.83 Å². The molecule has 0 radical (unpaired) electrons. The van der Waals surface area contributed by atoms with Gasteiger partial charge in [0.05, 0.1) is 0 Å². The monoisotopic (exact) mass is 200 g/mol. The van der Waals surface area contributed by atoms with Crippen molar-refractivity contribution in [2.45, 2.75) is 18.7 Å². The Morgan fingerprint density at radius 3 is 2.15 bits per heavy atom. The number of thioether (sulfide) groups is 1. The van der Waals surface area contributed by atoms with Gasteiger partial charge in [0.25, 0.3) is 0 Å². The van der Waals surface area contributed by atoms with Crippen LogP contribution >= 0.6 is 11.8 Å². The molecule has 0 atom stereocenters. The van der Waals surface area contributed by atoms with Gasteiger partial charge >= 0.3 is 0 Å². The van der Waals surface area contributed by atoms with Gasteiger partial charge in [0.15, 0.2) is 5.16 Å². The minimum atomic E-state index is -0.774. The van der Waals surface area contributed by atoms with E-state index in [2.05, 4.69) is 0 Å². The van der Waals surface area contributed by atoms with Crippen molar-refractivity contribution in [1.82, 2.24) is 0 Å². The number of rotatable bonds is 2. The summed E-state index contributed by atoms with van der Waals surface area (Å²) >= 11 is 0.798. The minimum absolute atomic E-state index is 0.708. The summed E-state index contributed by atoms with van der Waals surface area (Å²) in [6, 6.07) is 7.26. The third-order valence-corrected chi connectivity index (χ3v) is 2.47. The van der Waals surface area contributed by atoms with Crippen LogP contribution in [0.2, 0.25) is 0 Å². The minimum Gasteiger partial charge on any atom is -0.208 e. The maximum absolute atomic E-state index is 12.8. The normalized spacial score (nSPS) is 12.6. The molecule has 0 amide bonds. The smallest absolute Gasteiger partial charge is 0.192 e. The lowest BCUT2D eigenvalue weighted by atomic mass is 10.2. The third-order valence-electron chi connectivity index (χ3n) is 1.50. The topological polar surface area (TPSA) is 0 Å². The van der Waals surface area contributed by atoms with Crippen LogP contribution in [-0.4, -0.2) is 0 Å². The Morgan fingerprint density at radius 1 is 1.15 bits per heavy atom. The van der Waals surface area contributed by atoms with Gasteiger partial charge in [-0.15, -0.1) is 0 Å². The highest BCUT2D eigenvalue weighted by Crippen LogP contribution is 2.30. The van der Waals surface area contributed by atoms with Crippen LogP contribution in [0.1, 0.15) is 12.5 Å². The van der Waals surface area contributed by atoms with E-state index >= 15 is 0 Å². The first-order chi connectivity index (χ1) is 6.09. The molecule has 0 nitrogen and oxygen atoms in total. The van der Waals surface area contributed by atoms with Crippen molar-refractivity contribution in [3.63, 3.8) is 0 Å². The van der Waals surface area contributed by atoms with Crippen LogP contribution < -0.4 is 0 Å². The standard InChI is InChI=1S/C10H10F2S/c1-7-3-5-9(6-4-7)13-10(12)8(2)11/h3-6H,1-2H3/b10-8-. The Labute approximate surface area is 80.7 Å². The largest absolute Gasteiger partial charge is 0.208 e. The fraction of sp³-hybridized carbons (Fsp3) is 0.200. The number of halogens is 2. The van der Waals surface area contributed by atoms with Crippen molar-refractivity contribution in [1.29, 1.82) is 0 Å². The van der Waals surface area contributed by atoms with Crippen LogP contribution in [0.25, 0.3) is 0 Å². The highest BCUT2D eigenvalue weighted by molar-refractivity contribution is 8.02. The average Bonchev–Trinajstić information content (AvgIpc) is 2.08. The summed E-state index contributed by atoms with van der Waals surface area (Å²) in [7, 11) is 0. The van der Waals surface area contributed by atoms with Crippen LogP contribution in [-0.2, 0) is 0 Å². The van der Waals surface area contributed by atoms with Crippen molar-refractivity contribution >= 4 is 11.8 Å². The summed E-state index contributed by atoms with van der Waals surface area (Å²) in [6.45, 7) is 3.05. The molecule has 0 N–H and O–H groups in total. The predicted octanol–water partition coefficient (Wildman–Crippen LogP) is 4.22. The number of benzene rings is 1. The van der Waals surface area contributed by atoms with E-state index < -0.39 is 11.0 Å². The highest BCUT2D eigenvalue weighted by atomic mass is 32.2. The average molecular weight is 200 g/mol. The first-order valence-corrected chi connectivity index (χ1v) is 4.67. The highest BCUT2D eigenvalue weighted by Gasteiger charge is 2.03. The summed E-state index contributed by atoms with van der Waals surface area (Å²) in [5.74, 6) is -0.773. The van der Waals surface area contributed by atoms with Gasteiger partial charge in [0, 0.05) is 4.90 Å². The molecule has 0 aromatic heterocycles. The molecule has 70 valence electrons. The molecule has 13 heavy (non-hydrogen) atoms. The van der Waals surface area contributed by atoms with Crippen LogP contribution in [0.15, 0.2) is 40.1 Å². The number of aryl methyl sites for hydroxylation is 1. The fourth-order valence-corrected chi connectivity index (χ4v) is 1.40. The summed E-state index contributed by atoms with van der Waals surface area (Å²) < 4.78 is 25.1. The van der Waals surface area contributed by atoms with Crippen molar-refractivity contribution < 1.29 is 8.78 Å². The van der Waals surface area contributed by atoms with Crippen LogP contribution in [0, 0.1) is 6.92 Å². The number of hydrogen-bond acceptors (Lipinski definition) is 1. The molecule has 1 aromatic rings. The Kier molecular flexibility index (Phi) is 3.48. The van der Waals surface area contributed by atoms with Crippen molar-refractivity contribution in [3.8, 4) is 0 Å². The Morgan fingerprint density at radius 2 is 1.69 bits per heavy atom. The van der Waals surface area contributed by atoms with Gasteiger partial charge in [0.2, 0.25) is 0 Å². The molecule has 1 aromatic carbocycles. The maximum atomic E-state index is 12.8. The second-order valence-corrected chi connectivity index (χ2v) is 3.76. The zero-order chi connectivity index (χ0) is 9.84. The van der Waals surface area contributed by atoms with E-state index in [0.717, 1.165) is 24.2 Å². The predicted molar refractivity (Wildman–Crippen MR) is 52.0 cm³/mol. The first-order valence-electron chi connectivity index (χ1n) is 3.86. The molecular formula is C10H10F2S. The quantitative estimate of drug-likeness (QED) is 0.644. The number of hydrogen-bond donors (Lipinski definition) is 0. The molecule has 0 aliphatic rings. The Balaban J connectivity index is 2.76. The number of allylic oxidation sites excluding steroid dienone is 1. The molecule has 1 rings (SSSR count). The van der Waals surface area contributed by atoms with E-state index in [9.17, 15) is 8.78 Å². The summed E-state index contributed by atoms with van der Waals surface area (Å²) in [5.41, 5.74) is 1.10. The molecule has 3 heteroatoms. The first kappa shape index (κ1) is 10.3. The van der Waals surface area contributed by atoms with Gasteiger partial charge in [-0.25, -0.2) is 4.39 Å². The van der Waals surface area contributed by atoms with Gasteiger partial charge in [-0.05, 0) is 26.0 Å². The summed E-state index contributed by atoms with van der Waals surface area (Å²) in [4.78, 5) is 0.708. The van der Waals surface area contributed by atoms with Gasteiger partial charge in [-0.3, -0.25) is 0 Å². The van der Waals surface area contributed by atoms with E-state index in [1.165, 1.54) is 0 Å². The lowest BCUT2D eigenvalue weighted by Crippen LogP contribution is -1.74. The third kappa shape index (κ3) is 3.19. The van der Waals surface area contributed by atoms with E-state index in [1.807, 2.05) is 19.1 Å². The molecule has 0 heterocycles. The summed E-state index contributed by atoms with van der Waals surface area (Å²) in [5, 5.41) is -0.774. The van der Waals surface area contributed by atoms with Crippen LogP contribution in [0.5, 0.6) is 0 Å². The summed E-state index contributed by atoms with van der Waals surface area (Å²) in [6.07, 6.45) is 0. The molecule has 0 unspecified atom stereocenters. The zero-order valence-corrected chi connectivity index (χ0v) is 8.29. The van der Waals surface area contributed by atoms with Crippen molar-refractivity contribution in [3.05, 3.63) is 40.8 Å². The van der Waals surface area contributed by atoms with Gasteiger partial charge in [-0.2, -0.15) is 4.39 Å². The molecule has 0 bridgehead atoms. The second kappa shape index (κ2) is 4.42. The Hall–Kier alpha value is -0.830. The van der Waals surface area contributed by atoms with Gasteiger partial charge in [-0.1, -0.05) is 29.5 Å². The molecule has 0 aliphatic heterocycles. The molecular weight excluding hydrogens is 190 g/mol. The second-order valence-electron chi connectivity index (χ2n) is 2.72. The van der Waals surface area contributed by atoms with Crippen LogP contribution in [0.4, 0.5) is 8.78 Å².